The van der Waals surface area contributed by atoms with Crippen molar-refractivity contribution >= 4 is 35.0 Å². The van der Waals surface area contributed by atoms with E-state index >= 15 is 0 Å². The predicted octanol–water partition coefficient (Wildman–Crippen LogP) is 4.53. The number of aromatic nitrogens is 3. The highest BCUT2D eigenvalue weighted by atomic mass is 35.5. The zero-order chi connectivity index (χ0) is 19.6. The standard InChI is InChI=1S/C18H15ClF2N4OS/c1-10(17(26)22-15-8-7-11(20)9-13(15)19)27-18-24-23-16(25(18)2)12-5-3-4-6-14(12)21/h3-10H,1-2H3,(H,22,26)/t10-/m0/s1. The van der Waals surface area contributed by atoms with Gasteiger partial charge in [-0.15, -0.1) is 10.2 Å². The first-order chi connectivity index (χ1) is 12.9. The summed E-state index contributed by atoms with van der Waals surface area (Å²) in [6, 6.07) is 9.99. The second kappa shape index (κ2) is 8.06. The third kappa shape index (κ3) is 4.28. The first-order valence-electron chi connectivity index (χ1n) is 7.93. The molecule has 1 amide bonds. The summed E-state index contributed by atoms with van der Waals surface area (Å²) in [5, 5.41) is 10.8. The van der Waals surface area contributed by atoms with Crippen LogP contribution < -0.4 is 5.32 Å². The van der Waals surface area contributed by atoms with E-state index in [2.05, 4.69) is 15.5 Å². The third-order valence-corrected chi connectivity index (χ3v) is 5.24. The van der Waals surface area contributed by atoms with E-state index in [0.29, 0.717) is 22.2 Å². The van der Waals surface area contributed by atoms with Gasteiger partial charge in [0.15, 0.2) is 11.0 Å². The number of carbonyl (C=O) groups excluding carboxylic acids is 1. The van der Waals surface area contributed by atoms with Crippen LogP contribution in [0.25, 0.3) is 11.4 Å². The molecule has 140 valence electrons. The molecular weight excluding hydrogens is 394 g/mol. The van der Waals surface area contributed by atoms with Crippen LogP contribution in [0, 0.1) is 11.6 Å². The van der Waals surface area contributed by atoms with E-state index in [4.69, 9.17) is 11.6 Å². The molecule has 2 aromatic carbocycles. The fourth-order valence-electron chi connectivity index (χ4n) is 2.33. The van der Waals surface area contributed by atoms with Gasteiger partial charge in [-0.05, 0) is 37.3 Å². The zero-order valence-corrected chi connectivity index (χ0v) is 16.0. The molecule has 5 nitrogen and oxygen atoms in total. The van der Waals surface area contributed by atoms with Gasteiger partial charge in [0.2, 0.25) is 5.91 Å². The quantitative estimate of drug-likeness (QED) is 0.630. The SMILES string of the molecule is C[C@H](Sc1nnc(-c2ccccc2F)n1C)C(=O)Nc1ccc(F)cc1Cl. The molecule has 0 fully saturated rings. The molecule has 9 heteroatoms. The predicted molar refractivity (Wildman–Crippen MR) is 102 cm³/mol. The van der Waals surface area contributed by atoms with E-state index < -0.39 is 16.9 Å². The average Bonchev–Trinajstić information content (AvgIpc) is 2.98. The van der Waals surface area contributed by atoms with Crippen molar-refractivity contribution in [3.63, 3.8) is 0 Å². The summed E-state index contributed by atoms with van der Waals surface area (Å²) in [5.74, 6) is -0.852. The van der Waals surface area contributed by atoms with Crippen LogP contribution in [-0.2, 0) is 11.8 Å². The van der Waals surface area contributed by atoms with Crippen LogP contribution >= 0.6 is 23.4 Å². The van der Waals surface area contributed by atoms with E-state index in [1.807, 2.05) is 0 Å². The fourth-order valence-corrected chi connectivity index (χ4v) is 3.36. The van der Waals surface area contributed by atoms with Gasteiger partial charge in [-0.2, -0.15) is 0 Å². The van der Waals surface area contributed by atoms with Crippen molar-refractivity contribution < 1.29 is 13.6 Å². The molecule has 1 heterocycles. The van der Waals surface area contributed by atoms with Gasteiger partial charge in [-0.3, -0.25) is 4.79 Å². The smallest absolute Gasteiger partial charge is 0.237 e. The van der Waals surface area contributed by atoms with Crippen molar-refractivity contribution in [2.45, 2.75) is 17.3 Å². The van der Waals surface area contributed by atoms with Gasteiger partial charge in [0.05, 0.1) is 21.5 Å². The Bertz CT molecular complexity index is 995. The minimum absolute atomic E-state index is 0.112. The number of thioether (sulfide) groups is 1. The molecule has 0 spiro atoms. The van der Waals surface area contributed by atoms with E-state index in [1.54, 1.807) is 36.7 Å². The monoisotopic (exact) mass is 408 g/mol. The van der Waals surface area contributed by atoms with Gasteiger partial charge in [-0.25, -0.2) is 8.78 Å². The lowest BCUT2D eigenvalue weighted by Gasteiger charge is -2.12. The highest BCUT2D eigenvalue weighted by Crippen LogP contribution is 2.28. The van der Waals surface area contributed by atoms with Gasteiger partial charge in [-0.1, -0.05) is 35.5 Å². The molecule has 1 N–H and O–H groups in total. The van der Waals surface area contributed by atoms with Gasteiger partial charge in [0.1, 0.15) is 11.6 Å². The number of halogens is 3. The molecular formula is C18H15ClF2N4OS. The highest BCUT2D eigenvalue weighted by molar-refractivity contribution is 8.00. The minimum atomic E-state index is -0.539. The summed E-state index contributed by atoms with van der Waals surface area (Å²) < 4.78 is 28.7. The normalized spacial score (nSPS) is 12.0. The molecule has 1 atom stereocenters. The molecule has 0 radical (unpaired) electrons. The van der Waals surface area contributed by atoms with Gasteiger partial charge in [0.25, 0.3) is 0 Å². The van der Waals surface area contributed by atoms with Crippen LogP contribution in [0.3, 0.4) is 0 Å². The van der Waals surface area contributed by atoms with Gasteiger partial charge in [0, 0.05) is 7.05 Å². The van der Waals surface area contributed by atoms with Crippen molar-refractivity contribution in [2.75, 3.05) is 5.32 Å². The van der Waals surface area contributed by atoms with Crippen LogP contribution in [0.5, 0.6) is 0 Å². The molecule has 1 aromatic heterocycles. The van der Waals surface area contributed by atoms with Gasteiger partial charge < -0.3 is 9.88 Å². The van der Waals surface area contributed by atoms with Crippen LogP contribution in [0.2, 0.25) is 5.02 Å². The molecule has 0 aliphatic rings. The number of nitrogens with one attached hydrogen (secondary N) is 1. The lowest BCUT2D eigenvalue weighted by molar-refractivity contribution is -0.115. The number of nitrogens with zero attached hydrogens (tertiary/aromatic N) is 3. The number of benzene rings is 2. The zero-order valence-electron chi connectivity index (χ0n) is 14.4. The Labute approximate surface area is 163 Å². The maximum Gasteiger partial charge on any atom is 0.237 e. The van der Waals surface area contributed by atoms with E-state index in [1.165, 1.54) is 30.0 Å². The lowest BCUT2D eigenvalue weighted by atomic mass is 10.2. The molecule has 0 aliphatic heterocycles. The number of hydrogen-bond acceptors (Lipinski definition) is 4. The Hall–Kier alpha value is -2.45. The van der Waals surface area contributed by atoms with E-state index in [9.17, 15) is 13.6 Å². The minimum Gasteiger partial charge on any atom is -0.324 e. The Morgan fingerprint density at radius 3 is 2.67 bits per heavy atom. The maximum atomic E-state index is 14.0. The van der Waals surface area contributed by atoms with E-state index in [-0.39, 0.29) is 10.9 Å². The molecule has 3 aromatic rings. The molecule has 27 heavy (non-hydrogen) atoms. The number of carbonyl (C=O) groups is 1. The molecule has 3 rings (SSSR count). The second-order valence-corrected chi connectivity index (χ2v) is 7.43. The highest BCUT2D eigenvalue weighted by Gasteiger charge is 2.21. The van der Waals surface area contributed by atoms with Crippen molar-refractivity contribution in [1.29, 1.82) is 0 Å². The summed E-state index contributed by atoms with van der Waals surface area (Å²) in [7, 11) is 1.70. The third-order valence-electron chi connectivity index (χ3n) is 3.79. The summed E-state index contributed by atoms with van der Waals surface area (Å²) in [6.07, 6.45) is 0. The lowest BCUT2D eigenvalue weighted by Crippen LogP contribution is -2.23. The van der Waals surface area contributed by atoms with Crippen LogP contribution in [0.15, 0.2) is 47.6 Å². The number of hydrogen-bond donors (Lipinski definition) is 1. The van der Waals surface area contributed by atoms with Crippen molar-refractivity contribution in [3.05, 3.63) is 59.1 Å². The first kappa shape index (κ1) is 19.3. The summed E-state index contributed by atoms with van der Waals surface area (Å²) in [6.45, 7) is 1.69. The largest absolute Gasteiger partial charge is 0.324 e. The average molecular weight is 409 g/mol. The Balaban J connectivity index is 1.73. The number of amides is 1. The molecule has 0 aliphatic carbocycles. The summed E-state index contributed by atoms with van der Waals surface area (Å²) >= 11 is 7.09. The topological polar surface area (TPSA) is 59.8 Å². The maximum absolute atomic E-state index is 14.0. The molecule has 0 bridgehead atoms. The van der Waals surface area contributed by atoms with Crippen LogP contribution in [0.4, 0.5) is 14.5 Å². The summed E-state index contributed by atoms with van der Waals surface area (Å²) in [4.78, 5) is 12.4. The number of rotatable bonds is 5. The molecule has 0 saturated heterocycles. The second-order valence-electron chi connectivity index (χ2n) is 5.72. The van der Waals surface area contributed by atoms with Crippen molar-refractivity contribution in [3.8, 4) is 11.4 Å². The first-order valence-corrected chi connectivity index (χ1v) is 9.19. The number of anilines is 1. The van der Waals surface area contributed by atoms with Crippen molar-refractivity contribution in [1.82, 2.24) is 14.8 Å². The van der Waals surface area contributed by atoms with E-state index in [0.717, 1.165) is 6.07 Å². The van der Waals surface area contributed by atoms with Crippen LogP contribution in [0.1, 0.15) is 6.92 Å². The Kier molecular flexibility index (Phi) is 5.76. The van der Waals surface area contributed by atoms with Crippen molar-refractivity contribution in [2.24, 2.45) is 7.05 Å². The van der Waals surface area contributed by atoms with Crippen LogP contribution in [-0.4, -0.2) is 25.9 Å². The molecule has 0 unspecified atom stereocenters. The molecule has 0 saturated carbocycles. The summed E-state index contributed by atoms with van der Waals surface area (Å²) in [5.41, 5.74) is 0.648. The van der Waals surface area contributed by atoms with Gasteiger partial charge >= 0.3 is 0 Å². The Morgan fingerprint density at radius 1 is 1.22 bits per heavy atom. The fraction of sp³-hybridized carbons (Fsp3) is 0.167. The Morgan fingerprint density at radius 2 is 1.96 bits per heavy atom.